The van der Waals surface area contributed by atoms with E-state index >= 15 is 0 Å². The Balaban J connectivity index is 1.86. The highest BCUT2D eigenvalue weighted by Crippen LogP contribution is 2.38. The zero-order valence-electron chi connectivity index (χ0n) is 19.8. The number of non-ortho nitro benzene ring substituents is 2. The van der Waals surface area contributed by atoms with Crippen LogP contribution in [0.2, 0.25) is 0 Å². The van der Waals surface area contributed by atoms with E-state index in [4.69, 9.17) is 14.2 Å². The number of fused-ring (bicyclic) bond motifs is 1. The van der Waals surface area contributed by atoms with Gasteiger partial charge in [0.25, 0.3) is 17.3 Å². The fourth-order valence-corrected chi connectivity index (χ4v) is 3.67. The Bertz CT molecular complexity index is 1520. The molecule has 4 aromatic rings. The highest BCUT2D eigenvalue weighted by molar-refractivity contribution is 6.04. The number of benzene rings is 3. The molecule has 13 nitrogen and oxygen atoms in total. The molecule has 3 aromatic carbocycles. The second-order valence-corrected chi connectivity index (χ2v) is 7.51. The summed E-state index contributed by atoms with van der Waals surface area (Å²) in [7, 11) is 4.41. The van der Waals surface area contributed by atoms with Gasteiger partial charge in [0, 0.05) is 23.9 Å². The maximum Gasteiger partial charge on any atom is 0.277 e. The summed E-state index contributed by atoms with van der Waals surface area (Å²) in [6, 6.07) is 12.7. The van der Waals surface area contributed by atoms with Gasteiger partial charge in [-0.2, -0.15) is 0 Å². The van der Waals surface area contributed by atoms with E-state index in [1.165, 1.54) is 27.5 Å². The molecule has 0 aliphatic heterocycles. The molecule has 0 saturated carbocycles. The average molecular weight is 505 g/mol. The summed E-state index contributed by atoms with van der Waals surface area (Å²) in [4.78, 5) is 43.3. The topological polar surface area (TPSA) is 161 Å². The van der Waals surface area contributed by atoms with Crippen LogP contribution in [0.1, 0.15) is 15.9 Å². The zero-order valence-corrected chi connectivity index (χ0v) is 19.8. The van der Waals surface area contributed by atoms with E-state index in [0.29, 0.717) is 33.8 Å². The smallest absolute Gasteiger partial charge is 0.277 e. The van der Waals surface area contributed by atoms with Crippen LogP contribution in [0.3, 0.4) is 0 Å². The number of para-hydroxylation sites is 2. The summed E-state index contributed by atoms with van der Waals surface area (Å²) in [5.74, 6) is 0.331. The van der Waals surface area contributed by atoms with E-state index in [-0.39, 0.29) is 11.5 Å². The average Bonchev–Trinajstić information content (AvgIpc) is 3.28. The Morgan fingerprint density at radius 2 is 1.51 bits per heavy atom. The van der Waals surface area contributed by atoms with Gasteiger partial charge in [-0.3, -0.25) is 25.0 Å². The minimum Gasteiger partial charge on any atom is -0.493 e. The van der Waals surface area contributed by atoms with Crippen molar-refractivity contribution in [3.63, 3.8) is 0 Å². The van der Waals surface area contributed by atoms with E-state index in [1.54, 1.807) is 36.4 Å². The lowest BCUT2D eigenvalue weighted by atomic mass is 10.1. The lowest BCUT2D eigenvalue weighted by Gasteiger charge is -2.12. The van der Waals surface area contributed by atoms with Gasteiger partial charge in [0.1, 0.15) is 0 Å². The Morgan fingerprint density at radius 3 is 2.05 bits per heavy atom. The van der Waals surface area contributed by atoms with Gasteiger partial charge in [-0.1, -0.05) is 12.1 Å². The molecular weight excluding hydrogens is 486 g/mol. The maximum atomic E-state index is 13.5. The molecule has 1 aromatic heterocycles. The van der Waals surface area contributed by atoms with Crippen molar-refractivity contribution in [2.75, 3.05) is 21.3 Å². The monoisotopic (exact) mass is 505 g/mol. The van der Waals surface area contributed by atoms with E-state index in [2.05, 4.69) is 9.98 Å². The quantitative estimate of drug-likeness (QED) is 0.193. The molecule has 0 N–H and O–H groups in total. The lowest BCUT2D eigenvalue weighted by Crippen LogP contribution is -2.12. The number of carbonyl (C=O) groups excluding carboxylic acids is 1. The van der Waals surface area contributed by atoms with E-state index in [0.717, 1.165) is 22.8 Å². The first-order chi connectivity index (χ1) is 17.8. The summed E-state index contributed by atoms with van der Waals surface area (Å²) in [6.07, 6.45) is 1.42. The SMILES string of the molecule is COc1cc(/C=N/c2nc3ccccc3n2C(=O)c2cc([N+](=O)[O-])cc([N+](=O)[O-])c2)cc(OC)c1OC. The van der Waals surface area contributed by atoms with Crippen LogP contribution < -0.4 is 14.2 Å². The van der Waals surface area contributed by atoms with Crippen LogP contribution in [0.4, 0.5) is 17.3 Å². The highest BCUT2D eigenvalue weighted by Gasteiger charge is 2.24. The van der Waals surface area contributed by atoms with E-state index in [1.807, 2.05) is 0 Å². The molecule has 0 spiro atoms. The van der Waals surface area contributed by atoms with Crippen molar-refractivity contribution in [2.24, 2.45) is 4.99 Å². The van der Waals surface area contributed by atoms with Crippen molar-refractivity contribution in [3.05, 3.63) is 86.0 Å². The van der Waals surface area contributed by atoms with E-state index < -0.39 is 27.1 Å². The molecule has 0 fully saturated rings. The standard InChI is InChI=1S/C24H19N5O8/c1-35-20-8-14(9-21(36-2)22(20)37-3)13-25-24-26-18-6-4-5-7-19(18)27(24)23(30)15-10-16(28(31)32)12-17(11-15)29(33)34/h4-13H,1-3H3/b25-13+. The van der Waals surface area contributed by atoms with Crippen LogP contribution in [0.15, 0.2) is 59.6 Å². The molecular formula is C24H19N5O8. The van der Waals surface area contributed by atoms with Gasteiger partial charge in [-0.05, 0) is 24.3 Å². The second kappa shape index (κ2) is 10.1. The molecule has 0 bridgehead atoms. The fraction of sp³-hybridized carbons (Fsp3) is 0.125. The number of nitro groups is 2. The van der Waals surface area contributed by atoms with Gasteiger partial charge >= 0.3 is 0 Å². The first-order valence-corrected chi connectivity index (χ1v) is 10.6. The number of ether oxygens (including phenoxy) is 3. The maximum absolute atomic E-state index is 13.5. The zero-order chi connectivity index (χ0) is 26.7. The first kappa shape index (κ1) is 24.8. The third-order valence-corrected chi connectivity index (χ3v) is 5.33. The number of methoxy groups -OCH3 is 3. The number of aromatic nitrogens is 2. The van der Waals surface area contributed by atoms with Gasteiger partial charge in [0.05, 0.1) is 53.8 Å². The Morgan fingerprint density at radius 1 is 0.919 bits per heavy atom. The number of nitro benzene ring substituents is 2. The van der Waals surface area contributed by atoms with Crippen molar-refractivity contribution in [1.29, 1.82) is 0 Å². The Hall–Kier alpha value is -5.33. The van der Waals surface area contributed by atoms with Gasteiger partial charge < -0.3 is 14.2 Å². The number of rotatable bonds is 8. The summed E-state index contributed by atoms with van der Waals surface area (Å²) in [5, 5.41) is 22.7. The summed E-state index contributed by atoms with van der Waals surface area (Å²) >= 11 is 0. The molecule has 0 saturated heterocycles. The van der Waals surface area contributed by atoms with E-state index in [9.17, 15) is 25.0 Å². The molecule has 13 heteroatoms. The summed E-state index contributed by atoms with van der Waals surface area (Å²) in [5.41, 5.74) is -0.139. The van der Waals surface area contributed by atoms with Crippen molar-refractivity contribution in [2.45, 2.75) is 0 Å². The molecule has 4 rings (SSSR count). The predicted octanol–water partition coefficient (Wildman–Crippen LogP) is 4.32. The number of hydrogen-bond donors (Lipinski definition) is 0. The van der Waals surface area contributed by atoms with Crippen molar-refractivity contribution in [3.8, 4) is 17.2 Å². The van der Waals surface area contributed by atoms with Crippen molar-refractivity contribution in [1.82, 2.24) is 9.55 Å². The normalized spacial score (nSPS) is 11.0. The molecule has 1 heterocycles. The molecule has 37 heavy (non-hydrogen) atoms. The number of carbonyl (C=O) groups is 1. The summed E-state index contributed by atoms with van der Waals surface area (Å²) in [6.45, 7) is 0. The second-order valence-electron chi connectivity index (χ2n) is 7.51. The number of nitrogens with zero attached hydrogens (tertiary/aromatic N) is 5. The summed E-state index contributed by atoms with van der Waals surface area (Å²) < 4.78 is 17.1. The number of aliphatic imine (C=N–C) groups is 1. The highest BCUT2D eigenvalue weighted by atomic mass is 16.6. The van der Waals surface area contributed by atoms with Gasteiger partial charge in [-0.25, -0.2) is 14.5 Å². The van der Waals surface area contributed by atoms with Crippen molar-refractivity contribution >= 4 is 40.5 Å². The Kier molecular flexibility index (Phi) is 6.77. The predicted molar refractivity (Wildman–Crippen MR) is 133 cm³/mol. The first-order valence-electron chi connectivity index (χ1n) is 10.6. The Labute approximate surface area is 208 Å². The van der Waals surface area contributed by atoms with Gasteiger partial charge in [0.2, 0.25) is 11.7 Å². The van der Waals surface area contributed by atoms with Gasteiger partial charge in [0.15, 0.2) is 11.5 Å². The molecule has 0 atom stereocenters. The van der Waals surface area contributed by atoms with Crippen LogP contribution in [-0.4, -0.2) is 52.8 Å². The van der Waals surface area contributed by atoms with Crippen LogP contribution in [0.5, 0.6) is 17.2 Å². The number of hydrogen-bond acceptors (Lipinski definition) is 10. The molecule has 188 valence electrons. The molecule has 0 unspecified atom stereocenters. The minimum atomic E-state index is -0.806. The third-order valence-electron chi connectivity index (χ3n) is 5.33. The molecule has 0 radical (unpaired) electrons. The largest absolute Gasteiger partial charge is 0.493 e. The molecule has 0 aliphatic rings. The van der Waals surface area contributed by atoms with Crippen LogP contribution in [-0.2, 0) is 0 Å². The van der Waals surface area contributed by atoms with Gasteiger partial charge in [-0.15, -0.1) is 0 Å². The minimum absolute atomic E-state index is 0.0471. The van der Waals surface area contributed by atoms with Crippen molar-refractivity contribution < 1.29 is 28.9 Å². The lowest BCUT2D eigenvalue weighted by molar-refractivity contribution is -0.394. The molecule has 0 aliphatic carbocycles. The fourth-order valence-electron chi connectivity index (χ4n) is 3.67. The molecule has 0 amide bonds. The number of imidazole rings is 1. The third kappa shape index (κ3) is 4.77. The van der Waals surface area contributed by atoms with Crippen LogP contribution in [0, 0.1) is 20.2 Å². The van der Waals surface area contributed by atoms with Crippen LogP contribution >= 0.6 is 0 Å². The van der Waals surface area contributed by atoms with Crippen LogP contribution in [0.25, 0.3) is 11.0 Å².